The number of amides is 1. The lowest BCUT2D eigenvalue weighted by Gasteiger charge is -2.30. The van der Waals surface area contributed by atoms with E-state index in [-0.39, 0.29) is 29.7 Å². The molecule has 2 rings (SSSR count). The summed E-state index contributed by atoms with van der Waals surface area (Å²) in [7, 11) is 0. The number of nitrogens with zero attached hydrogens (tertiary/aromatic N) is 3. The molecule has 2 N–H and O–H groups in total. The molecule has 0 bridgehead atoms. The topological polar surface area (TPSA) is 100 Å². The molecule has 0 radical (unpaired) electrons. The lowest BCUT2D eigenvalue weighted by Crippen LogP contribution is -2.41. The highest BCUT2D eigenvalue weighted by atomic mass is 19.3. The van der Waals surface area contributed by atoms with Gasteiger partial charge in [0.15, 0.2) is 5.82 Å². The fraction of sp³-hybridized carbons (Fsp3) is 0.474. The first-order valence-electron chi connectivity index (χ1n) is 9.02. The number of carbonyl (C=O) groups excluding carboxylic acids is 1. The summed E-state index contributed by atoms with van der Waals surface area (Å²) in [4.78, 5) is 22.1. The van der Waals surface area contributed by atoms with E-state index in [0.29, 0.717) is 6.42 Å². The summed E-state index contributed by atoms with van der Waals surface area (Å²) >= 11 is 0. The van der Waals surface area contributed by atoms with Crippen molar-refractivity contribution < 1.29 is 31.8 Å². The van der Waals surface area contributed by atoms with Crippen molar-refractivity contribution in [1.29, 1.82) is 0 Å². The molecule has 1 atom stereocenters. The van der Waals surface area contributed by atoms with Crippen LogP contribution in [0.25, 0.3) is 11.4 Å². The fourth-order valence-electron chi connectivity index (χ4n) is 2.97. The third kappa shape index (κ3) is 6.26. The van der Waals surface area contributed by atoms with Gasteiger partial charge in [0.1, 0.15) is 23.7 Å². The maximum absolute atomic E-state index is 13.6. The van der Waals surface area contributed by atoms with Crippen molar-refractivity contribution in [3.8, 4) is 17.1 Å². The normalized spacial score (nSPS) is 13.5. The maximum atomic E-state index is 13.6. The van der Waals surface area contributed by atoms with Crippen LogP contribution >= 0.6 is 0 Å². The molecule has 30 heavy (non-hydrogen) atoms. The van der Waals surface area contributed by atoms with Crippen molar-refractivity contribution in [3.05, 3.63) is 35.9 Å². The van der Waals surface area contributed by atoms with Crippen LogP contribution in [-0.2, 0) is 4.74 Å². The summed E-state index contributed by atoms with van der Waals surface area (Å²) in [6.07, 6.45) is -5.46. The van der Waals surface area contributed by atoms with Crippen LogP contribution in [0.15, 0.2) is 24.4 Å². The molecule has 0 saturated heterocycles. The second-order valence-corrected chi connectivity index (χ2v) is 7.24. The first kappa shape index (κ1) is 23.3. The van der Waals surface area contributed by atoms with Crippen LogP contribution in [0.3, 0.4) is 0 Å². The summed E-state index contributed by atoms with van der Waals surface area (Å²) < 4.78 is 63.3. The number of nitrogens with two attached hydrogens (primary N) is 1. The van der Waals surface area contributed by atoms with E-state index in [0.717, 1.165) is 6.20 Å². The molecule has 2 heterocycles. The van der Waals surface area contributed by atoms with E-state index in [9.17, 15) is 22.4 Å². The first-order chi connectivity index (χ1) is 14.0. The highest BCUT2D eigenvalue weighted by molar-refractivity contribution is 5.65. The molecular formula is C19H22F4N4O3. The zero-order valence-electron chi connectivity index (χ0n) is 16.6. The molecule has 11 heteroatoms. The van der Waals surface area contributed by atoms with Gasteiger partial charge in [-0.1, -0.05) is 13.8 Å². The Kier molecular flexibility index (Phi) is 7.52. The third-order valence-corrected chi connectivity index (χ3v) is 3.94. The third-order valence-electron chi connectivity index (χ3n) is 3.94. The Morgan fingerprint density at radius 3 is 2.33 bits per heavy atom. The first-order valence-corrected chi connectivity index (χ1v) is 9.02. The minimum Gasteiger partial charge on any atom is -0.487 e. The van der Waals surface area contributed by atoms with Crippen molar-refractivity contribution in [2.24, 2.45) is 11.7 Å². The van der Waals surface area contributed by atoms with Gasteiger partial charge in [-0.3, -0.25) is 0 Å². The van der Waals surface area contributed by atoms with Crippen molar-refractivity contribution in [2.45, 2.75) is 45.6 Å². The van der Waals surface area contributed by atoms with Gasteiger partial charge in [0.25, 0.3) is 12.9 Å². The van der Waals surface area contributed by atoms with Gasteiger partial charge < -0.3 is 15.2 Å². The minimum atomic E-state index is -3.01. The molecule has 2 aromatic rings. The number of pyridine rings is 1. The molecule has 0 aliphatic heterocycles. The molecule has 1 unspecified atom stereocenters. The van der Waals surface area contributed by atoms with Gasteiger partial charge in [-0.05, 0) is 37.5 Å². The number of aromatic nitrogens is 3. The van der Waals surface area contributed by atoms with Gasteiger partial charge in [0, 0.05) is 6.20 Å². The average molecular weight is 430 g/mol. The molecule has 2 aromatic heterocycles. The van der Waals surface area contributed by atoms with E-state index in [1.165, 1.54) is 18.2 Å². The molecular weight excluding hydrogens is 408 g/mol. The number of hydrogen-bond donors (Lipinski definition) is 1. The zero-order valence-corrected chi connectivity index (χ0v) is 16.6. The van der Waals surface area contributed by atoms with Crippen molar-refractivity contribution in [2.75, 3.05) is 6.61 Å². The molecule has 0 saturated carbocycles. The second kappa shape index (κ2) is 9.68. The average Bonchev–Trinajstić information content (AvgIpc) is 2.65. The fourth-order valence-corrected chi connectivity index (χ4v) is 2.97. The van der Waals surface area contributed by atoms with Gasteiger partial charge in [0.05, 0.1) is 11.4 Å². The number of ether oxygens (including phenoxy) is 2. The molecule has 7 nitrogen and oxygen atoms in total. The molecule has 164 valence electrons. The monoisotopic (exact) mass is 430 g/mol. The molecule has 0 aliphatic rings. The Morgan fingerprint density at radius 2 is 1.77 bits per heavy atom. The number of primary amides is 1. The number of alkyl halides is 4. The van der Waals surface area contributed by atoms with Gasteiger partial charge in [-0.25, -0.2) is 37.3 Å². The van der Waals surface area contributed by atoms with Gasteiger partial charge >= 0.3 is 6.09 Å². The quantitative estimate of drug-likeness (QED) is 0.579. The molecule has 0 fully saturated rings. The largest absolute Gasteiger partial charge is 0.487 e. The van der Waals surface area contributed by atoms with Crippen LogP contribution in [0.2, 0.25) is 0 Å². The van der Waals surface area contributed by atoms with Crippen molar-refractivity contribution in [1.82, 2.24) is 15.0 Å². The smallest absolute Gasteiger partial charge is 0.405 e. The van der Waals surface area contributed by atoms with Crippen LogP contribution in [0.5, 0.6) is 5.75 Å². The predicted molar refractivity (Wildman–Crippen MR) is 99.2 cm³/mol. The van der Waals surface area contributed by atoms with Crippen molar-refractivity contribution in [3.63, 3.8) is 0 Å². The van der Waals surface area contributed by atoms with Crippen molar-refractivity contribution >= 4 is 6.09 Å². The van der Waals surface area contributed by atoms with Gasteiger partial charge in [-0.15, -0.1) is 0 Å². The van der Waals surface area contributed by atoms with E-state index in [1.807, 2.05) is 13.8 Å². The number of hydrogen-bond acceptors (Lipinski definition) is 6. The van der Waals surface area contributed by atoms with E-state index >= 15 is 0 Å². The zero-order chi connectivity index (χ0) is 22.5. The van der Waals surface area contributed by atoms with E-state index < -0.39 is 36.1 Å². The molecule has 0 aliphatic carbocycles. The van der Waals surface area contributed by atoms with Crippen LogP contribution in [0, 0.1) is 5.92 Å². The van der Waals surface area contributed by atoms with Crippen LogP contribution in [0.4, 0.5) is 22.4 Å². The summed E-state index contributed by atoms with van der Waals surface area (Å²) in [5.41, 5.74) is 3.19. The van der Waals surface area contributed by atoms with E-state index in [4.69, 9.17) is 15.2 Å². The highest BCUT2D eigenvalue weighted by Gasteiger charge is 2.31. The molecule has 1 amide bonds. The number of carbonyl (C=O) groups is 1. The summed E-state index contributed by atoms with van der Waals surface area (Å²) in [6, 6.07) is 3.83. The molecule has 0 aromatic carbocycles. The van der Waals surface area contributed by atoms with E-state index in [1.54, 1.807) is 6.92 Å². The van der Waals surface area contributed by atoms with Crippen LogP contribution < -0.4 is 10.5 Å². The van der Waals surface area contributed by atoms with Gasteiger partial charge in [-0.2, -0.15) is 0 Å². The SMILES string of the molecule is CC(C)CC(C)(COc1ccc(-c2ccnc(C(F)F)n2)nc1C(F)F)OC(N)=O. The Hall–Kier alpha value is -2.98. The summed E-state index contributed by atoms with van der Waals surface area (Å²) in [5.74, 6) is -0.865. The molecule has 0 spiro atoms. The maximum Gasteiger partial charge on any atom is 0.405 e. The Labute approximate surface area is 170 Å². The predicted octanol–water partition coefficient (Wildman–Crippen LogP) is 4.69. The number of rotatable bonds is 9. The number of halogens is 4. The Morgan fingerprint density at radius 1 is 1.10 bits per heavy atom. The highest BCUT2D eigenvalue weighted by Crippen LogP contribution is 2.32. The summed E-state index contributed by atoms with van der Waals surface area (Å²) in [6.45, 7) is 5.12. The van der Waals surface area contributed by atoms with Crippen LogP contribution in [0.1, 0.15) is 51.6 Å². The standard InChI is InChI=1S/C19H22F4N4O3/c1-10(2)8-19(3,30-18(24)28)9-29-13-5-4-11(26-14(13)15(20)21)12-6-7-25-17(27-12)16(22)23/h4-7,10,15-16H,8-9H2,1-3H3,(H2,24,28). The van der Waals surface area contributed by atoms with Crippen LogP contribution in [-0.4, -0.2) is 33.3 Å². The van der Waals surface area contributed by atoms with Gasteiger partial charge in [0.2, 0.25) is 0 Å². The lowest BCUT2D eigenvalue weighted by atomic mass is 9.95. The van der Waals surface area contributed by atoms with E-state index in [2.05, 4.69) is 15.0 Å². The summed E-state index contributed by atoms with van der Waals surface area (Å²) in [5, 5.41) is 0. The second-order valence-electron chi connectivity index (χ2n) is 7.24. The minimum absolute atomic E-state index is 0.0320. The Balaban J connectivity index is 2.31. The Bertz CT molecular complexity index is 883. The lowest BCUT2D eigenvalue weighted by molar-refractivity contribution is -0.0197.